The Morgan fingerprint density at radius 1 is 1.42 bits per heavy atom. The number of carbonyl (C=O) groups excluding carboxylic acids is 1. The molecule has 70 valence electrons. The zero-order chi connectivity index (χ0) is 9.14. The molecule has 0 heterocycles. The van der Waals surface area contributed by atoms with E-state index in [4.69, 9.17) is 5.73 Å². The topological polar surface area (TPSA) is 43.1 Å². The van der Waals surface area contributed by atoms with Gasteiger partial charge in [-0.2, -0.15) is 0 Å². The number of hydrogen-bond donors (Lipinski definition) is 1. The molecule has 0 saturated heterocycles. The third-order valence-corrected chi connectivity index (χ3v) is 3.06. The average molecular weight is 169 g/mol. The lowest BCUT2D eigenvalue weighted by Crippen LogP contribution is -2.30. The first-order chi connectivity index (χ1) is 5.61. The van der Waals surface area contributed by atoms with Gasteiger partial charge in [-0.05, 0) is 24.7 Å². The van der Waals surface area contributed by atoms with Gasteiger partial charge in [-0.15, -0.1) is 0 Å². The maximum atomic E-state index is 10.9. The molecule has 2 N–H and O–H groups in total. The van der Waals surface area contributed by atoms with Crippen LogP contribution >= 0.6 is 0 Å². The van der Waals surface area contributed by atoms with Crippen LogP contribution in [0.5, 0.6) is 0 Å². The lowest BCUT2D eigenvalue weighted by Gasteiger charge is -2.29. The summed E-state index contributed by atoms with van der Waals surface area (Å²) in [6, 6.07) is 0. The molecule has 1 amide bonds. The lowest BCUT2D eigenvalue weighted by atomic mass is 9.76. The Morgan fingerprint density at radius 2 is 2.08 bits per heavy atom. The first kappa shape index (κ1) is 9.56. The predicted molar refractivity (Wildman–Crippen MR) is 49.5 cm³/mol. The number of nitrogens with two attached hydrogens (primary N) is 1. The fourth-order valence-corrected chi connectivity index (χ4v) is 2.09. The Hall–Kier alpha value is -0.530. The van der Waals surface area contributed by atoms with Crippen molar-refractivity contribution in [2.75, 3.05) is 0 Å². The molecule has 2 unspecified atom stereocenters. The molecule has 1 rings (SSSR count). The number of carbonyl (C=O) groups is 1. The van der Waals surface area contributed by atoms with Crippen LogP contribution < -0.4 is 5.73 Å². The van der Waals surface area contributed by atoms with Crippen molar-refractivity contribution in [3.05, 3.63) is 0 Å². The van der Waals surface area contributed by atoms with Gasteiger partial charge < -0.3 is 5.73 Å². The molecule has 1 fully saturated rings. The summed E-state index contributed by atoms with van der Waals surface area (Å²) in [4.78, 5) is 10.9. The molecule has 12 heavy (non-hydrogen) atoms. The van der Waals surface area contributed by atoms with Gasteiger partial charge in [0.1, 0.15) is 0 Å². The zero-order valence-corrected chi connectivity index (χ0v) is 8.05. The van der Waals surface area contributed by atoms with Crippen LogP contribution in [0.2, 0.25) is 0 Å². The van der Waals surface area contributed by atoms with Gasteiger partial charge in [0, 0.05) is 5.92 Å². The molecule has 0 aromatic heterocycles. The van der Waals surface area contributed by atoms with E-state index in [1.165, 1.54) is 12.8 Å². The molecule has 2 nitrogen and oxygen atoms in total. The minimum Gasteiger partial charge on any atom is -0.369 e. The van der Waals surface area contributed by atoms with Crippen molar-refractivity contribution in [3.63, 3.8) is 0 Å². The fourth-order valence-electron chi connectivity index (χ4n) is 2.09. The second-order valence-corrected chi connectivity index (χ2v) is 4.27. The quantitative estimate of drug-likeness (QED) is 0.674. The molecule has 0 aromatic rings. The van der Waals surface area contributed by atoms with Gasteiger partial charge in [0.15, 0.2) is 0 Å². The van der Waals surface area contributed by atoms with E-state index in [2.05, 4.69) is 13.8 Å². The molecular formula is C10H19NO. The van der Waals surface area contributed by atoms with E-state index in [1.54, 1.807) is 0 Å². The van der Waals surface area contributed by atoms with Crippen molar-refractivity contribution in [2.45, 2.75) is 39.5 Å². The molecule has 0 bridgehead atoms. The van der Waals surface area contributed by atoms with Gasteiger partial charge in [-0.25, -0.2) is 0 Å². The van der Waals surface area contributed by atoms with Crippen LogP contribution in [-0.2, 0) is 4.79 Å². The van der Waals surface area contributed by atoms with Crippen molar-refractivity contribution < 1.29 is 4.79 Å². The number of primary amides is 1. The molecule has 2 heteroatoms. The Morgan fingerprint density at radius 3 is 2.58 bits per heavy atom. The molecule has 0 aliphatic heterocycles. The SMILES string of the molecule is CC(C)C1CCCC(C(N)=O)C1. The first-order valence-electron chi connectivity index (χ1n) is 4.90. The van der Waals surface area contributed by atoms with Gasteiger partial charge in [0.2, 0.25) is 5.91 Å². The van der Waals surface area contributed by atoms with Crippen LogP contribution in [0.1, 0.15) is 39.5 Å². The first-order valence-corrected chi connectivity index (χ1v) is 4.90. The highest BCUT2D eigenvalue weighted by molar-refractivity contribution is 5.76. The number of hydrogen-bond acceptors (Lipinski definition) is 1. The predicted octanol–water partition coefficient (Wildman–Crippen LogP) is 1.93. The maximum absolute atomic E-state index is 10.9. The summed E-state index contributed by atoms with van der Waals surface area (Å²) in [6.07, 6.45) is 4.49. The molecule has 1 saturated carbocycles. The third-order valence-electron chi connectivity index (χ3n) is 3.06. The van der Waals surface area contributed by atoms with Crippen LogP contribution in [-0.4, -0.2) is 5.91 Å². The smallest absolute Gasteiger partial charge is 0.220 e. The highest BCUT2D eigenvalue weighted by Gasteiger charge is 2.26. The van der Waals surface area contributed by atoms with Crippen molar-refractivity contribution in [1.29, 1.82) is 0 Å². The Labute approximate surface area is 74.5 Å². The van der Waals surface area contributed by atoms with Crippen LogP contribution in [0.15, 0.2) is 0 Å². The van der Waals surface area contributed by atoms with Gasteiger partial charge in [0.25, 0.3) is 0 Å². The number of rotatable bonds is 2. The molecule has 0 aromatic carbocycles. The fraction of sp³-hybridized carbons (Fsp3) is 0.900. The Bertz CT molecular complexity index is 165. The van der Waals surface area contributed by atoms with E-state index in [9.17, 15) is 4.79 Å². The van der Waals surface area contributed by atoms with Crippen molar-refractivity contribution in [2.24, 2.45) is 23.5 Å². The summed E-state index contributed by atoms with van der Waals surface area (Å²) in [5.41, 5.74) is 5.29. The van der Waals surface area contributed by atoms with Crippen LogP contribution in [0.3, 0.4) is 0 Å². The van der Waals surface area contributed by atoms with E-state index in [0.717, 1.165) is 18.8 Å². The van der Waals surface area contributed by atoms with Gasteiger partial charge >= 0.3 is 0 Å². The van der Waals surface area contributed by atoms with Crippen molar-refractivity contribution in [3.8, 4) is 0 Å². The van der Waals surface area contributed by atoms with Crippen molar-refractivity contribution in [1.82, 2.24) is 0 Å². The van der Waals surface area contributed by atoms with Gasteiger partial charge in [-0.1, -0.05) is 26.7 Å². The van der Waals surface area contributed by atoms with Gasteiger partial charge in [0.05, 0.1) is 0 Å². The van der Waals surface area contributed by atoms with Crippen LogP contribution in [0.4, 0.5) is 0 Å². The summed E-state index contributed by atoms with van der Waals surface area (Å²) in [7, 11) is 0. The van der Waals surface area contributed by atoms with E-state index in [1.807, 2.05) is 0 Å². The number of amides is 1. The Kier molecular flexibility index (Phi) is 3.12. The highest BCUT2D eigenvalue weighted by atomic mass is 16.1. The van der Waals surface area contributed by atoms with E-state index >= 15 is 0 Å². The molecule has 2 atom stereocenters. The minimum absolute atomic E-state index is 0.0969. The van der Waals surface area contributed by atoms with E-state index in [0.29, 0.717) is 5.92 Å². The Balaban J connectivity index is 2.46. The molecule has 1 aliphatic rings. The van der Waals surface area contributed by atoms with Gasteiger partial charge in [-0.3, -0.25) is 4.79 Å². The lowest BCUT2D eigenvalue weighted by molar-refractivity contribution is -0.123. The average Bonchev–Trinajstić information content (AvgIpc) is 2.04. The molecular weight excluding hydrogens is 150 g/mol. The standard InChI is InChI=1S/C10H19NO/c1-7(2)8-4-3-5-9(6-8)10(11)12/h7-9H,3-6H2,1-2H3,(H2,11,12). The zero-order valence-electron chi connectivity index (χ0n) is 8.05. The second-order valence-electron chi connectivity index (χ2n) is 4.27. The summed E-state index contributed by atoms with van der Waals surface area (Å²) < 4.78 is 0. The summed E-state index contributed by atoms with van der Waals surface area (Å²) in [5.74, 6) is 1.48. The summed E-state index contributed by atoms with van der Waals surface area (Å²) >= 11 is 0. The third kappa shape index (κ3) is 2.23. The highest BCUT2D eigenvalue weighted by Crippen LogP contribution is 2.33. The normalized spacial score (nSPS) is 30.6. The van der Waals surface area contributed by atoms with E-state index < -0.39 is 0 Å². The largest absolute Gasteiger partial charge is 0.369 e. The summed E-state index contributed by atoms with van der Waals surface area (Å²) in [6.45, 7) is 4.46. The monoisotopic (exact) mass is 169 g/mol. The minimum atomic E-state index is -0.0969. The second kappa shape index (κ2) is 3.92. The van der Waals surface area contributed by atoms with Crippen molar-refractivity contribution >= 4 is 5.91 Å². The van der Waals surface area contributed by atoms with Crippen LogP contribution in [0, 0.1) is 17.8 Å². The molecule has 0 radical (unpaired) electrons. The maximum Gasteiger partial charge on any atom is 0.220 e. The molecule has 0 spiro atoms. The summed E-state index contributed by atoms with van der Waals surface area (Å²) in [5, 5.41) is 0. The van der Waals surface area contributed by atoms with Crippen LogP contribution in [0.25, 0.3) is 0 Å². The molecule has 1 aliphatic carbocycles. The van der Waals surface area contributed by atoms with E-state index in [-0.39, 0.29) is 11.8 Å².